The lowest BCUT2D eigenvalue weighted by atomic mass is 9.43. The molecule has 16 heteroatoms. The van der Waals surface area contributed by atoms with E-state index in [0.29, 0.717) is 0 Å². The van der Waals surface area contributed by atoms with Gasteiger partial charge in [0.1, 0.15) is 47.3 Å². The van der Waals surface area contributed by atoms with Crippen LogP contribution in [0.25, 0.3) is 0 Å². The molecule has 1 amide bonds. The van der Waals surface area contributed by atoms with Crippen molar-refractivity contribution in [3.05, 3.63) is 71.2 Å². The summed E-state index contributed by atoms with van der Waals surface area (Å²) >= 11 is 0.933. The van der Waals surface area contributed by atoms with E-state index in [-0.39, 0.29) is 41.9 Å². The van der Waals surface area contributed by atoms with Crippen LogP contribution >= 0.6 is 11.8 Å². The Bertz CT molecular complexity index is 2060. The second kappa shape index (κ2) is 16.2. The van der Waals surface area contributed by atoms with Crippen molar-refractivity contribution in [1.29, 1.82) is 0 Å². The summed E-state index contributed by atoms with van der Waals surface area (Å²) in [6.07, 6.45) is -7.43. The topological polar surface area (TPSA) is 225 Å². The summed E-state index contributed by atoms with van der Waals surface area (Å²) in [5, 5.41) is 39.4. The summed E-state index contributed by atoms with van der Waals surface area (Å²) < 4.78 is 29.4. The van der Waals surface area contributed by atoms with Crippen molar-refractivity contribution in [2.75, 3.05) is 6.61 Å². The Balaban J connectivity index is 1.54. The van der Waals surface area contributed by atoms with E-state index in [9.17, 15) is 39.3 Å². The summed E-state index contributed by atoms with van der Waals surface area (Å²) in [6, 6.07) is 9.48. The van der Waals surface area contributed by atoms with Gasteiger partial charge in [-0.2, -0.15) is 0 Å². The van der Waals surface area contributed by atoms with Gasteiger partial charge in [0.2, 0.25) is 0 Å². The number of thioether (sulfide) groups is 1. The number of fused-ring (bicyclic) bond motifs is 5. The fraction of sp³-hybridized carbons (Fsp3) is 0.591. The van der Waals surface area contributed by atoms with E-state index in [1.807, 2.05) is 20.8 Å². The van der Waals surface area contributed by atoms with Crippen molar-refractivity contribution in [1.82, 2.24) is 5.32 Å². The smallest absolute Gasteiger partial charge is 0.338 e. The van der Waals surface area contributed by atoms with Crippen LogP contribution in [0.3, 0.4) is 0 Å². The summed E-state index contributed by atoms with van der Waals surface area (Å²) in [5.74, 6) is -6.67. The maximum atomic E-state index is 15.6. The number of hydrogen-bond acceptors (Lipinski definition) is 15. The third kappa shape index (κ3) is 7.74. The van der Waals surface area contributed by atoms with Gasteiger partial charge in [0.25, 0.3) is 5.24 Å². The Morgan fingerprint density at radius 3 is 2.23 bits per heavy atom. The van der Waals surface area contributed by atoms with Crippen molar-refractivity contribution in [2.24, 2.45) is 22.7 Å². The number of ketones is 2. The monoisotopic (exact) mass is 853 g/mol. The highest BCUT2D eigenvalue weighted by atomic mass is 32.2. The van der Waals surface area contributed by atoms with E-state index in [1.54, 1.807) is 39.0 Å². The number of rotatable bonds is 10. The number of carbonyl (C=O) groups is 6. The Morgan fingerprint density at radius 1 is 1.02 bits per heavy atom. The predicted octanol–water partition coefficient (Wildman–Crippen LogP) is 4.80. The van der Waals surface area contributed by atoms with Crippen LogP contribution in [0.1, 0.15) is 104 Å². The second-order valence-corrected chi connectivity index (χ2v) is 20.0. The standard InChI is InChI=1S/C44H55NO14S/c1-22(46)18-26-31-23(2)28(57-38(52)33(49)32(27-16-13-17-55-27)45-39(53)60-40(4,5)6)20-44(54,41(31,7)8)36(58-37(51)25-14-11-10-12-15-25)34-42(9,35(26)50)29(48)19-30-43(34,21-56-30)59-24(3)47/h10-17,26,28-30,32-34,36,48-49,54H,18-21H2,1-9H3,(H,45,53)/t26-,28+,29+,30-,32+,33-,34+,36+,42-,43+,44-/m1/s1. The molecule has 2 saturated carbocycles. The van der Waals surface area contributed by atoms with E-state index in [0.717, 1.165) is 11.8 Å². The van der Waals surface area contributed by atoms with Crippen LogP contribution in [0.4, 0.5) is 4.79 Å². The first kappa shape index (κ1) is 45.2. The largest absolute Gasteiger partial charge is 0.467 e. The zero-order valence-electron chi connectivity index (χ0n) is 35.3. The highest BCUT2D eigenvalue weighted by molar-refractivity contribution is 8.14. The van der Waals surface area contributed by atoms with Crippen LogP contribution in [-0.4, -0.2) is 103 Å². The van der Waals surface area contributed by atoms with Crippen molar-refractivity contribution in [3.8, 4) is 0 Å². The van der Waals surface area contributed by atoms with Gasteiger partial charge in [0.05, 0.1) is 35.9 Å². The van der Waals surface area contributed by atoms with Crippen LogP contribution in [0.5, 0.6) is 0 Å². The molecule has 0 spiro atoms. The average Bonchev–Trinajstić information content (AvgIpc) is 3.69. The van der Waals surface area contributed by atoms with E-state index in [1.165, 1.54) is 51.3 Å². The van der Waals surface area contributed by atoms with E-state index < -0.39 is 116 Å². The Labute approximate surface area is 352 Å². The van der Waals surface area contributed by atoms with Gasteiger partial charge in [-0.05, 0) is 56.2 Å². The molecule has 11 atom stereocenters. The summed E-state index contributed by atoms with van der Waals surface area (Å²) in [5.41, 5.74) is -6.91. The average molecular weight is 854 g/mol. The highest BCUT2D eigenvalue weighted by Gasteiger charge is 2.78. The number of hydrogen-bond donors (Lipinski definition) is 4. The molecule has 4 N–H and O–H groups in total. The van der Waals surface area contributed by atoms with Crippen LogP contribution < -0.4 is 5.32 Å². The molecule has 0 radical (unpaired) electrons. The van der Waals surface area contributed by atoms with Crippen LogP contribution in [-0.2, 0) is 38.1 Å². The number of carbonyl (C=O) groups excluding carboxylic acids is 6. The Kier molecular flexibility index (Phi) is 12.2. The molecule has 1 saturated heterocycles. The van der Waals surface area contributed by atoms with E-state index in [2.05, 4.69) is 5.32 Å². The molecule has 2 aromatic rings. The summed E-state index contributed by atoms with van der Waals surface area (Å²) in [7, 11) is 0. The SMILES string of the molecule is CC(=O)C[C@H]1C(=O)[C@@]2(C)[C@H]([C@H](OC(=O)c3ccccc3)[C@]3(O)C[C@H](OC(=O)[C@H](O)[C@@H](NC(=O)SC(C)(C)C)c4ccco4)C(C)=C1C3(C)C)[C@]1(OC(C)=O)CO[C@@H]1C[C@@H]2O. The molecule has 15 nitrogen and oxygen atoms in total. The molecule has 6 rings (SSSR count). The predicted molar refractivity (Wildman–Crippen MR) is 215 cm³/mol. The quantitative estimate of drug-likeness (QED) is 0.143. The number of aliphatic hydroxyl groups excluding tert-OH is 2. The molecule has 1 aliphatic heterocycles. The van der Waals surface area contributed by atoms with Gasteiger partial charge >= 0.3 is 17.9 Å². The number of benzene rings is 1. The molecule has 3 fully saturated rings. The number of nitrogens with one attached hydrogen (secondary N) is 1. The van der Waals surface area contributed by atoms with Crippen molar-refractivity contribution >= 4 is 46.5 Å². The van der Waals surface area contributed by atoms with Gasteiger partial charge in [-0.1, -0.05) is 64.6 Å². The molecule has 4 aliphatic rings. The first-order valence-corrected chi connectivity index (χ1v) is 20.8. The van der Waals surface area contributed by atoms with Crippen molar-refractivity contribution in [3.63, 3.8) is 0 Å². The van der Waals surface area contributed by atoms with E-state index >= 15 is 4.79 Å². The first-order chi connectivity index (χ1) is 27.9. The minimum atomic E-state index is -2.31. The zero-order valence-corrected chi connectivity index (χ0v) is 36.1. The Morgan fingerprint density at radius 2 is 1.68 bits per heavy atom. The molecule has 60 heavy (non-hydrogen) atoms. The number of furan rings is 1. The molecular formula is C44H55NO14S. The number of Topliss-reactive ketones (excluding diaryl/α,β-unsaturated/α-hetero) is 2. The lowest BCUT2D eigenvalue weighted by Crippen LogP contribution is -2.81. The highest BCUT2D eigenvalue weighted by Crippen LogP contribution is 2.65. The molecule has 2 bridgehead atoms. The first-order valence-electron chi connectivity index (χ1n) is 20.0. The third-order valence-electron chi connectivity index (χ3n) is 12.9. The van der Waals surface area contributed by atoms with Crippen molar-refractivity contribution < 1.29 is 67.5 Å². The number of aliphatic hydroxyl groups is 3. The molecular weight excluding hydrogens is 799 g/mol. The fourth-order valence-corrected chi connectivity index (χ4v) is 10.8. The number of amides is 1. The maximum absolute atomic E-state index is 15.6. The molecule has 0 unspecified atom stereocenters. The molecule has 1 aromatic heterocycles. The summed E-state index contributed by atoms with van der Waals surface area (Å²) in [6.45, 7) is 14.0. The van der Waals surface area contributed by atoms with Crippen LogP contribution in [0, 0.1) is 22.7 Å². The molecule has 326 valence electrons. The Hall–Kier alpha value is -4.35. The van der Waals surface area contributed by atoms with Crippen LogP contribution in [0.15, 0.2) is 64.3 Å². The number of esters is 3. The van der Waals surface area contributed by atoms with Gasteiger partial charge in [0.15, 0.2) is 11.7 Å². The van der Waals surface area contributed by atoms with Gasteiger partial charge in [0, 0.05) is 42.3 Å². The van der Waals surface area contributed by atoms with Gasteiger partial charge in [-0.25, -0.2) is 9.59 Å². The third-order valence-corrected chi connectivity index (χ3v) is 13.8. The zero-order chi connectivity index (χ0) is 44.3. The van der Waals surface area contributed by atoms with Crippen LogP contribution in [0.2, 0.25) is 0 Å². The lowest BCUT2D eigenvalue weighted by Gasteiger charge is -2.67. The normalized spacial score (nSPS) is 33.0. The molecule has 2 heterocycles. The second-order valence-electron chi connectivity index (χ2n) is 18.2. The molecule has 3 aliphatic carbocycles. The van der Waals surface area contributed by atoms with Gasteiger partial charge in [-0.15, -0.1) is 0 Å². The minimum absolute atomic E-state index is 0.0501. The van der Waals surface area contributed by atoms with Gasteiger partial charge < -0.3 is 44.0 Å². The fourth-order valence-electron chi connectivity index (χ4n) is 10.0. The van der Waals surface area contributed by atoms with Gasteiger partial charge in [-0.3, -0.25) is 19.2 Å². The summed E-state index contributed by atoms with van der Waals surface area (Å²) in [4.78, 5) is 83.2. The van der Waals surface area contributed by atoms with Crippen molar-refractivity contribution in [2.45, 2.75) is 134 Å². The lowest BCUT2D eigenvalue weighted by molar-refractivity contribution is -0.345. The maximum Gasteiger partial charge on any atom is 0.338 e. The number of ether oxygens (including phenoxy) is 4. The minimum Gasteiger partial charge on any atom is -0.467 e. The van der Waals surface area contributed by atoms with E-state index in [4.69, 9.17) is 23.4 Å². The molecule has 1 aromatic carbocycles.